The van der Waals surface area contributed by atoms with Crippen LogP contribution in [0.25, 0.3) is 17.5 Å². The number of hydrogen-bond donors (Lipinski definition) is 2. The molecule has 0 saturated carbocycles. The van der Waals surface area contributed by atoms with Gasteiger partial charge in [0, 0.05) is 11.6 Å². The number of hydrogen-bond acceptors (Lipinski definition) is 8. The van der Waals surface area contributed by atoms with E-state index >= 15 is 0 Å². The maximum absolute atomic E-state index is 11.8. The molecule has 0 bridgehead atoms. The van der Waals surface area contributed by atoms with Gasteiger partial charge in [-0.2, -0.15) is 0 Å². The van der Waals surface area contributed by atoms with E-state index in [-0.39, 0.29) is 10.1 Å². The first kappa shape index (κ1) is 20.6. The topological polar surface area (TPSA) is 116 Å². The molecule has 9 nitrogen and oxygen atoms in total. The van der Waals surface area contributed by atoms with Gasteiger partial charge in [0.1, 0.15) is 29.6 Å². The molecular formula is C21H19N3O6S. The molecule has 0 radical (unpaired) electrons. The molecule has 2 heterocycles. The van der Waals surface area contributed by atoms with Crippen molar-refractivity contribution in [1.82, 2.24) is 15.2 Å². The highest BCUT2D eigenvalue weighted by Gasteiger charge is 2.17. The van der Waals surface area contributed by atoms with Crippen LogP contribution in [0.5, 0.6) is 23.0 Å². The third-order valence-electron chi connectivity index (χ3n) is 4.37. The summed E-state index contributed by atoms with van der Waals surface area (Å²) >= 11 is 0.938. The van der Waals surface area contributed by atoms with E-state index in [4.69, 9.17) is 18.9 Å². The van der Waals surface area contributed by atoms with Crippen LogP contribution in [0, 0.1) is 0 Å². The van der Waals surface area contributed by atoms with Crippen molar-refractivity contribution in [2.24, 2.45) is 0 Å². The second kappa shape index (κ2) is 9.00. The van der Waals surface area contributed by atoms with Crippen LogP contribution in [-0.4, -0.2) is 53.7 Å². The second-order valence-electron chi connectivity index (χ2n) is 6.39. The highest BCUT2D eigenvalue weighted by molar-refractivity contribution is 8.04. The Kier molecular flexibility index (Phi) is 5.99. The van der Waals surface area contributed by atoms with E-state index in [9.17, 15) is 9.90 Å². The Labute approximate surface area is 182 Å². The van der Waals surface area contributed by atoms with E-state index in [1.54, 1.807) is 50.6 Å². The van der Waals surface area contributed by atoms with Crippen LogP contribution in [0.15, 0.2) is 46.5 Å². The lowest BCUT2D eigenvalue weighted by Gasteiger charge is -2.18. The Bertz CT molecular complexity index is 1120. The molecule has 0 unspecified atom stereocenters. The number of benzene rings is 2. The summed E-state index contributed by atoms with van der Waals surface area (Å²) in [4.78, 5) is 16.3. The molecule has 2 aromatic carbocycles. The number of rotatable bonds is 7. The van der Waals surface area contributed by atoms with Crippen molar-refractivity contribution in [3.63, 3.8) is 0 Å². The highest BCUT2D eigenvalue weighted by atomic mass is 32.2. The lowest BCUT2D eigenvalue weighted by atomic mass is 10.2. The van der Waals surface area contributed by atoms with Gasteiger partial charge in [0.25, 0.3) is 0 Å². The average molecular weight is 441 g/mol. The number of methoxy groups -OCH3 is 2. The number of carboxylic acid groups (broad SMARTS) is 1. The molecule has 0 fully saturated rings. The number of thioether (sulfide) groups is 1. The van der Waals surface area contributed by atoms with E-state index in [1.807, 2.05) is 0 Å². The highest BCUT2D eigenvalue weighted by Crippen LogP contribution is 2.34. The van der Waals surface area contributed by atoms with Gasteiger partial charge < -0.3 is 24.1 Å². The minimum atomic E-state index is -1.09. The number of carbonyl (C=O) groups is 1. The van der Waals surface area contributed by atoms with Crippen LogP contribution < -0.4 is 18.9 Å². The number of aliphatic carboxylic acids is 1. The Hall–Kier alpha value is -3.66. The molecule has 0 amide bonds. The number of carboxylic acids is 1. The molecule has 1 aliphatic rings. The monoisotopic (exact) mass is 441 g/mol. The molecule has 160 valence electrons. The first-order valence-corrected chi connectivity index (χ1v) is 10.1. The molecule has 31 heavy (non-hydrogen) atoms. The molecule has 0 saturated heterocycles. The Morgan fingerprint density at radius 1 is 1.10 bits per heavy atom. The molecule has 10 heteroatoms. The largest absolute Gasteiger partial charge is 0.497 e. The standard InChI is InChI=1S/C21H19N3O6S/c1-27-14-9-13(10-15(11-14)28-2)19-22-21(24-23-19)31-18(20(25)26)8-12-3-4-16-17(7-12)30-6-5-29-16/h3-4,7-11H,5-6H2,1-2H3,(H,25,26)(H,22,23,24)/b18-8-. The summed E-state index contributed by atoms with van der Waals surface area (Å²) in [6, 6.07) is 10.6. The number of aromatic amines is 1. The SMILES string of the molecule is COc1cc(OC)cc(-c2nc(S/C(=C\c3ccc4c(c3)OCCO4)C(=O)O)n[nH]2)c1. The molecule has 0 spiro atoms. The van der Waals surface area contributed by atoms with Crippen molar-refractivity contribution >= 4 is 23.8 Å². The van der Waals surface area contributed by atoms with Crippen LogP contribution in [0.3, 0.4) is 0 Å². The maximum Gasteiger partial charge on any atom is 0.342 e. The Morgan fingerprint density at radius 3 is 2.48 bits per heavy atom. The van der Waals surface area contributed by atoms with Gasteiger partial charge in [-0.3, -0.25) is 5.10 Å². The molecule has 4 rings (SSSR count). The molecule has 1 aliphatic heterocycles. The fourth-order valence-corrected chi connectivity index (χ4v) is 3.61. The van der Waals surface area contributed by atoms with Crippen LogP contribution >= 0.6 is 11.8 Å². The summed E-state index contributed by atoms with van der Waals surface area (Å²) in [5.74, 6) is 1.80. The normalized spacial score (nSPS) is 13.0. The Balaban J connectivity index is 1.58. The number of aromatic nitrogens is 3. The summed E-state index contributed by atoms with van der Waals surface area (Å²) in [7, 11) is 3.12. The number of ether oxygens (including phenoxy) is 4. The zero-order valence-corrected chi connectivity index (χ0v) is 17.6. The van der Waals surface area contributed by atoms with E-state index in [2.05, 4.69) is 15.2 Å². The quantitative estimate of drug-likeness (QED) is 0.420. The van der Waals surface area contributed by atoms with Gasteiger partial charge in [0.15, 0.2) is 17.3 Å². The second-order valence-corrected chi connectivity index (χ2v) is 7.40. The zero-order chi connectivity index (χ0) is 21.8. The van der Waals surface area contributed by atoms with Crippen LogP contribution in [0.1, 0.15) is 5.56 Å². The van der Waals surface area contributed by atoms with Gasteiger partial charge in [0.2, 0.25) is 5.16 Å². The fraction of sp³-hybridized carbons (Fsp3) is 0.190. The van der Waals surface area contributed by atoms with Crippen molar-refractivity contribution in [1.29, 1.82) is 0 Å². The lowest BCUT2D eigenvalue weighted by Crippen LogP contribution is -2.15. The van der Waals surface area contributed by atoms with E-state index in [0.29, 0.717) is 53.2 Å². The third kappa shape index (κ3) is 4.75. The minimum Gasteiger partial charge on any atom is -0.497 e. The van der Waals surface area contributed by atoms with Gasteiger partial charge in [0.05, 0.1) is 14.2 Å². The summed E-state index contributed by atoms with van der Waals surface area (Å²) in [5, 5.41) is 16.9. The summed E-state index contributed by atoms with van der Waals surface area (Å²) in [6.07, 6.45) is 1.54. The van der Waals surface area contributed by atoms with Gasteiger partial charge in [-0.05, 0) is 47.7 Å². The molecule has 3 aromatic rings. The van der Waals surface area contributed by atoms with E-state index in [1.165, 1.54) is 6.08 Å². The van der Waals surface area contributed by atoms with Crippen molar-refractivity contribution < 1.29 is 28.8 Å². The predicted molar refractivity (Wildman–Crippen MR) is 114 cm³/mol. The summed E-state index contributed by atoms with van der Waals surface area (Å²) < 4.78 is 21.6. The van der Waals surface area contributed by atoms with Gasteiger partial charge in [-0.25, -0.2) is 9.78 Å². The number of nitrogens with one attached hydrogen (secondary N) is 1. The predicted octanol–water partition coefficient (Wildman–Crippen LogP) is 3.48. The average Bonchev–Trinajstić information content (AvgIpc) is 3.26. The fourth-order valence-electron chi connectivity index (χ4n) is 2.90. The van der Waals surface area contributed by atoms with Gasteiger partial charge >= 0.3 is 5.97 Å². The van der Waals surface area contributed by atoms with Crippen molar-refractivity contribution in [3.05, 3.63) is 46.9 Å². The zero-order valence-electron chi connectivity index (χ0n) is 16.7. The number of nitrogens with zero attached hydrogens (tertiary/aromatic N) is 2. The minimum absolute atomic E-state index is 0.0606. The van der Waals surface area contributed by atoms with E-state index in [0.717, 1.165) is 11.8 Å². The number of fused-ring (bicyclic) bond motifs is 1. The van der Waals surface area contributed by atoms with Crippen molar-refractivity contribution in [2.45, 2.75) is 5.16 Å². The smallest absolute Gasteiger partial charge is 0.342 e. The molecular weight excluding hydrogens is 422 g/mol. The number of H-pyrrole nitrogens is 1. The van der Waals surface area contributed by atoms with Gasteiger partial charge in [-0.1, -0.05) is 6.07 Å². The van der Waals surface area contributed by atoms with Crippen molar-refractivity contribution in [2.75, 3.05) is 27.4 Å². The van der Waals surface area contributed by atoms with Crippen LogP contribution in [0.2, 0.25) is 0 Å². The Morgan fingerprint density at radius 2 is 1.81 bits per heavy atom. The van der Waals surface area contributed by atoms with E-state index < -0.39 is 5.97 Å². The first-order valence-electron chi connectivity index (χ1n) is 9.24. The first-order chi connectivity index (χ1) is 15.1. The maximum atomic E-state index is 11.8. The lowest BCUT2D eigenvalue weighted by molar-refractivity contribution is -0.131. The molecule has 1 aromatic heterocycles. The summed E-state index contributed by atoms with van der Waals surface area (Å²) in [5.41, 5.74) is 1.37. The third-order valence-corrected chi connectivity index (χ3v) is 5.24. The molecule has 0 atom stereocenters. The van der Waals surface area contributed by atoms with Gasteiger partial charge in [-0.15, -0.1) is 5.10 Å². The van der Waals surface area contributed by atoms with Crippen molar-refractivity contribution in [3.8, 4) is 34.4 Å². The van der Waals surface area contributed by atoms with Crippen LogP contribution in [0.4, 0.5) is 0 Å². The van der Waals surface area contributed by atoms with Crippen LogP contribution in [-0.2, 0) is 4.79 Å². The summed E-state index contributed by atoms with van der Waals surface area (Å²) in [6.45, 7) is 0.945. The molecule has 2 N–H and O–H groups in total. The molecule has 0 aliphatic carbocycles.